The van der Waals surface area contributed by atoms with Gasteiger partial charge >= 0.3 is 12.1 Å². The second-order valence-corrected chi connectivity index (χ2v) is 1.74. The highest BCUT2D eigenvalue weighted by atomic mass is 19.4. The summed E-state index contributed by atoms with van der Waals surface area (Å²) in [7, 11) is 0. The van der Waals surface area contributed by atoms with E-state index in [4.69, 9.17) is 0 Å². The van der Waals surface area contributed by atoms with Crippen molar-refractivity contribution in [1.82, 2.24) is 0 Å². The van der Waals surface area contributed by atoms with Crippen LogP contribution in [-0.2, 0) is 0 Å². The van der Waals surface area contributed by atoms with Crippen LogP contribution in [0.1, 0.15) is 6.92 Å². The molecular formula is C4H4F6. The van der Waals surface area contributed by atoms with Crippen molar-refractivity contribution in [2.24, 2.45) is 0 Å². The van der Waals surface area contributed by atoms with Crippen molar-refractivity contribution in [1.29, 1.82) is 0 Å². The summed E-state index contributed by atoms with van der Waals surface area (Å²) in [6, 6.07) is 0. The van der Waals surface area contributed by atoms with Gasteiger partial charge in [0.05, 0.1) is 0 Å². The molecule has 0 aromatic rings. The Morgan fingerprint density at radius 3 is 1.30 bits per heavy atom. The molecule has 1 unspecified atom stereocenters. The van der Waals surface area contributed by atoms with E-state index < -0.39 is 18.3 Å². The van der Waals surface area contributed by atoms with Crippen LogP contribution in [-0.4, -0.2) is 18.3 Å². The third kappa shape index (κ3) is 1.54. The molecule has 62 valence electrons. The second-order valence-electron chi connectivity index (χ2n) is 1.74. The first-order valence-electron chi connectivity index (χ1n) is 2.28. The van der Waals surface area contributed by atoms with Gasteiger partial charge in [-0.3, -0.25) is 0 Å². The monoisotopic (exact) mass is 166 g/mol. The summed E-state index contributed by atoms with van der Waals surface area (Å²) < 4.78 is 67.9. The lowest BCUT2D eigenvalue weighted by atomic mass is 10.2. The maximum Gasteiger partial charge on any atom is 0.456 e. The molecular weight excluding hydrogens is 162 g/mol. The van der Waals surface area contributed by atoms with Crippen LogP contribution in [0.4, 0.5) is 26.3 Å². The normalized spacial score (nSPS) is 17.1. The Morgan fingerprint density at radius 2 is 1.30 bits per heavy atom. The molecule has 6 heteroatoms. The lowest BCUT2D eigenvalue weighted by Gasteiger charge is -2.19. The molecule has 0 rings (SSSR count). The van der Waals surface area contributed by atoms with Gasteiger partial charge in [-0.25, -0.2) is 4.39 Å². The topological polar surface area (TPSA) is 0 Å². The molecule has 0 radical (unpaired) electrons. The van der Waals surface area contributed by atoms with Crippen LogP contribution < -0.4 is 0 Å². The van der Waals surface area contributed by atoms with Crippen LogP contribution in [0.2, 0.25) is 0 Å². The van der Waals surface area contributed by atoms with Crippen LogP contribution in [0, 0.1) is 0 Å². The molecule has 0 N–H and O–H groups in total. The molecule has 0 spiro atoms. The summed E-state index contributed by atoms with van der Waals surface area (Å²) >= 11 is 0. The molecule has 0 amide bonds. The van der Waals surface area contributed by atoms with Crippen LogP contribution >= 0.6 is 0 Å². The van der Waals surface area contributed by atoms with Gasteiger partial charge in [0, 0.05) is 0 Å². The summed E-state index contributed by atoms with van der Waals surface area (Å²) in [5, 5.41) is 0. The van der Waals surface area contributed by atoms with E-state index in [9.17, 15) is 26.3 Å². The quantitative estimate of drug-likeness (QED) is 0.525. The van der Waals surface area contributed by atoms with Crippen LogP contribution in [0.5, 0.6) is 0 Å². The highest BCUT2D eigenvalue weighted by Gasteiger charge is 2.61. The number of halogens is 6. The fraction of sp³-hybridized carbons (Fsp3) is 1.00. The van der Waals surface area contributed by atoms with Crippen molar-refractivity contribution in [3.63, 3.8) is 0 Å². The molecule has 0 aliphatic carbocycles. The smallest absolute Gasteiger partial charge is 0.241 e. The summed E-state index contributed by atoms with van der Waals surface area (Å²) in [6.07, 6.45) is -8.99. The molecule has 0 aliphatic rings. The predicted octanol–water partition coefficient (Wildman–Crippen LogP) is 2.54. The SMILES string of the molecule is CC(F)C(F)(F)C(F)(F)F. The Hall–Kier alpha value is -0.420. The summed E-state index contributed by atoms with van der Waals surface area (Å²) in [4.78, 5) is 0. The average Bonchev–Trinajstić information content (AvgIpc) is 1.62. The maximum absolute atomic E-state index is 11.6. The molecule has 0 saturated heterocycles. The van der Waals surface area contributed by atoms with Gasteiger partial charge in [-0.15, -0.1) is 0 Å². The van der Waals surface area contributed by atoms with Crippen molar-refractivity contribution >= 4 is 0 Å². The van der Waals surface area contributed by atoms with Crippen LogP contribution in [0.25, 0.3) is 0 Å². The molecule has 10 heavy (non-hydrogen) atoms. The second kappa shape index (κ2) is 2.32. The van der Waals surface area contributed by atoms with E-state index in [1.807, 2.05) is 0 Å². The Balaban J connectivity index is 4.40. The number of hydrogen-bond donors (Lipinski definition) is 0. The molecule has 0 aliphatic heterocycles. The first kappa shape index (κ1) is 9.58. The fourth-order valence-electron chi connectivity index (χ4n) is 0.226. The van der Waals surface area contributed by atoms with E-state index in [1.54, 1.807) is 0 Å². The Kier molecular flexibility index (Phi) is 2.22. The van der Waals surface area contributed by atoms with E-state index in [2.05, 4.69) is 0 Å². The molecule has 0 heterocycles. The zero-order valence-electron chi connectivity index (χ0n) is 4.85. The predicted molar refractivity (Wildman–Crippen MR) is 21.6 cm³/mol. The average molecular weight is 166 g/mol. The van der Waals surface area contributed by atoms with Gasteiger partial charge in [-0.2, -0.15) is 22.0 Å². The van der Waals surface area contributed by atoms with Crippen molar-refractivity contribution < 1.29 is 26.3 Å². The zero-order chi connectivity index (χ0) is 8.58. The van der Waals surface area contributed by atoms with Gasteiger partial charge in [0.15, 0.2) is 6.17 Å². The van der Waals surface area contributed by atoms with E-state index in [-0.39, 0.29) is 6.92 Å². The van der Waals surface area contributed by atoms with Crippen molar-refractivity contribution in [3.05, 3.63) is 0 Å². The summed E-state index contributed by atoms with van der Waals surface area (Å²) in [6.45, 7) is 0.160. The Morgan fingerprint density at radius 1 is 1.00 bits per heavy atom. The molecule has 1 atom stereocenters. The van der Waals surface area contributed by atoms with E-state index in [0.717, 1.165) is 0 Å². The largest absolute Gasteiger partial charge is 0.456 e. The van der Waals surface area contributed by atoms with Crippen LogP contribution in [0.15, 0.2) is 0 Å². The highest BCUT2D eigenvalue weighted by Crippen LogP contribution is 2.38. The Bertz CT molecular complexity index is 111. The number of alkyl halides is 6. The maximum atomic E-state index is 11.6. The third-order valence-corrected chi connectivity index (χ3v) is 0.878. The fourth-order valence-corrected chi connectivity index (χ4v) is 0.226. The van der Waals surface area contributed by atoms with Gasteiger partial charge in [0.1, 0.15) is 0 Å². The lowest BCUT2D eigenvalue weighted by Crippen LogP contribution is -2.43. The lowest BCUT2D eigenvalue weighted by molar-refractivity contribution is -0.300. The summed E-state index contributed by atoms with van der Waals surface area (Å²) in [5.74, 6) is -5.23. The zero-order valence-corrected chi connectivity index (χ0v) is 4.85. The van der Waals surface area contributed by atoms with Gasteiger partial charge in [-0.05, 0) is 6.92 Å². The van der Waals surface area contributed by atoms with E-state index >= 15 is 0 Å². The number of rotatable bonds is 1. The van der Waals surface area contributed by atoms with Crippen molar-refractivity contribution in [2.45, 2.75) is 25.2 Å². The Labute approximate surface area is 52.8 Å². The first-order chi connectivity index (χ1) is 4.19. The van der Waals surface area contributed by atoms with Crippen molar-refractivity contribution in [2.75, 3.05) is 0 Å². The first-order valence-corrected chi connectivity index (χ1v) is 2.28. The molecule has 0 aromatic heterocycles. The number of hydrogen-bond acceptors (Lipinski definition) is 0. The molecule has 0 bridgehead atoms. The minimum atomic E-state index is -5.79. The molecule has 0 fully saturated rings. The minimum absolute atomic E-state index is 0.160. The molecule has 0 nitrogen and oxygen atoms in total. The van der Waals surface area contributed by atoms with Crippen LogP contribution in [0.3, 0.4) is 0 Å². The van der Waals surface area contributed by atoms with Gasteiger partial charge in [-0.1, -0.05) is 0 Å². The standard InChI is InChI=1S/C4H4F6/c1-2(5)3(6,7)4(8,9)10/h2H,1H3. The molecule has 0 saturated carbocycles. The highest BCUT2D eigenvalue weighted by molar-refractivity contribution is 4.80. The van der Waals surface area contributed by atoms with E-state index in [1.165, 1.54) is 0 Å². The summed E-state index contributed by atoms with van der Waals surface area (Å²) in [5.41, 5.74) is 0. The van der Waals surface area contributed by atoms with Gasteiger partial charge < -0.3 is 0 Å². The third-order valence-electron chi connectivity index (χ3n) is 0.878. The van der Waals surface area contributed by atoms with Gasteiger partial charge in [0.25, 0.3) is 0 Å². The van der Waals surface area contributed by atoms with Gasteiger partial charge in [0.2, 0.25) is 0 Å². The molecule has 0 aromatic carbocycles. The van der Waals surface area contributed by atoms with Crippen molar-refractivity contribution in [3.8, 4) is 0 Å². The van der Waals surface area contributed by atoms with E-state index in [0.29, 0.717) is 0 Å². The minimum Gasteiger partial charge on any atom is -0.241 e.